The topological polar surface area (TPSA) is 54.0 Å². The van der Waals surface area contributed by atoms with Gasteiger partial charge in [0.15, 0.2) is 0 Å². The number of hydrogen-bond acceptors (Lipinski definition) is 3. The van der Waals surface area contributed by atoms with Gasteiger partial charge in [0.2, 0.25) is 5.91 Å². The summed E-state index contributed by atoms with van der Waals surface area (Å²) in [5, 5.41) is 6.86. The first-order chi connectivity index (χ1) is 11.0. The van der Waals surface area contributed by atoms with Crippen molar-refractivity contribution >= 4 is 29.0 Å². The molecule has 2 aromatic rings. The third-order valence-corrected chi connectivity index (χ3v) is 3.48. The number of halogens is 1. The van der Waals surface area contributed by atoms with E-state index < -0.39 is 0 Å². The van der Waals surface area contributed by atoms with Crippen LogP contribution >= 0.6 is 11.6 Å². The van der Waals surface area contributed by atoms with Crippen molar-refractivity contribution in [3.8, 4) is 0 Å². The SMILES string of the molecule is CC(C)CC(=O)Nc1ccc(NCCc2cccc(Cl)c2)nc1. The highest BCUT2D eigenvalue weighted by Crippen LogP contribution is 2.13. The van der Waals surface area contributed by atoms with Crippen LogP contribution in [0.15, 0.2) is 42.6 Å². The van der Waals surface area contributed by atoms with Crippen LogP contribution in [-0.2, 0) is 11.2 Å². The number of rotatable bonds is 7. The first-order valence-corrected chi connectivity index (χ1v) is 8.15. The summed E-state index contributed by atoms with van der Waals surface area (Å²) in [7, 11) is 0. The number of hydrogen-bond donors (Lipinski definition) is 2. The number of carbonyl (C=O) groups excluding carboxylic acids is 1. The van der Waals surface area contributed by atoms with E-state index in [0.29, 0.717) is 12.3 Å². The van der Waals surface area contributed by atoms with Gasteiger partial charge in [0, 0.05) is 18.0 Å². The molecule has 1 heterocycles. The Hall–Kier alpha value is -2.07. The van der Waals surface area contributed by atoms with Gasteiger partial charge in [-0.2, -0.15) is 0 Å². The predicted octanol–water partition coefficient (Wildman–Crippen LogP) is 4.37. The van der Waals surface area contributed by atoms with Crippen LogP contribution in [-0.4, -0.2) is 17.4 Å². The van der Waals surface area contributed by atoms with Gasteiger partial charge in [-0.05, 0) is 42.2 Å². The van der Waals surface area contributed by atoms with Crippen molar-refractivity contribution in [3.05, 3.63) is 53.2 Å². The highest BCUT2D eigenvalue weighted by molar-refractivity contribution is 6.30. The molecule has 0 radical (unpaired) electrons. The van der Waals surface area contributed by atoms with Crippen molar-refractivity contribution in [2.45, 2.75) is 26.7 Å². The molecule has 0 spiro atoms. The Bertz CT molecular complexity index is 641. The Balaban J connectivity index is 1.79. The van der Waals surface area contributed by atoms with Gasteiger partial charge in [-0.3, -0.25) is 4.79 Å². The van der Waals surface area contributed by atoms with Crippen LogP contribution in [0.2, 0.25) is 5.02 Å². The molecule has 0 atom stereocenters. The Labute approximate surface area is 142 Å². The molecule has 0 saturated heterocycles. The monoisotopic (exact) mass is 331 g/mol. The highest BCUT2D eigenvalue weighted by atomic mass is 35.5. The molecule has 0 saturated carbocycles. The van der Waals surface area contributed by atoms with Gasteiger partial charge >= 0.3 is 0 Å². The first kappa shape index (κ1) is 17.3. The second-order valence-corrected chi connectivity index (χ2v) is 6.32. The van der Waals surface area contributed by atoms with Gasteiger partial charge in [0.1, 0.15) is 5.82 Å². The van der Waals surface area contributed by atoms with E-state index >= 15 is 0 Å². The molecule has 0 aliphatic carbocycles. The summed E-state index contributed by atoms with van der Waals surface area (Å²) >= 11 is 5.96. The minimum atomic E-state index is 0.0171. The number of carbonyl (C=O) groups is 1. The number of benzene rings is 1. The molecule has 2 N–H and O–H groups in total. The normalized spacial score (nSPS) is 10.6. The fourth-order valence-electron chi connectivity index (χ4n) is 2.18. The third-order valence-electron chi connectivity index (χ3n) is 3.25. The van der Waals surface area contributed by atoms with Gasteiger partial charge in [0.25, 0.3) is 0 Å². The zero-order valence-electron chi connectivity index (χ0n) is 13.5. The van der Waals surface area contributed by atoms with E-state index in [1.54, 1.807) is 6.20 Å². The molecule has 23 heavy (non-hydrogen) atoms. The fraction of sp³-hybridized carbons (Fsp3) is 0.333. The second kappa shape index (κ2) is 8.53. The zero-order valence-corrected chi connectivity index (χ0v) is 14.2. The van der Waals surface area contributed by atoms with Gasteiger partial charge < -0.3 is 10.6 Å². The van der Waals surface area contributed by atoms with Crippen LogP contribution in [0, 0.1) is 5.92 Å². The first-order valence-electron chi connectivity index (χ1n) is 7.77. The van der Waals surface area contributed by atoms with Crippen LogP contribution in [0.1, 0.15) is 25.8 Å². The standard InChI is InChI=1S/C18H22ClN3O/c1-13(2)10-18(23)22-16-6-7-17(21-12-16)20-9-8-14-4-3-5-15(19)11-14/h3-7,11-13H,8-10H2,1-2H3,(H,20,21)(H,22,23). The van der Waals surface area contributed by atoms with Crippen molar-refractivity contribution in [2.24, 2.45) is 5.92 Å². The average Bonchev–Trinajstić information content (AvgIpc) is 2.48. The largest absolute Gasteiger partial charge is 0.370 e. The van der Waals surface area contributed by atoms with E-state index in [1.165, 1.54) is 5.56 Å². The molecule has 1 amide bonds. The number of nitrogens with one attached hydrogen (secondary N) is 2. The lowest BCUT2D eigenvalue weighted by Crippen LogP contribution is -2.14. The number of aromatic nitrogens is 1. The van der Waals surface area contributed by atoms with Crippen LogP contribution in [0.5, 0.6) is 0 Å². The Morgan fingerprint density at radius 3 is 2.74 bits per heavy atom. The van der Waals surface area contributed by atoms with Crippen LogP contribution in [0.25, 0.3) is 0 Å². The van der Waals surface area contributed by atoms with E-state index in [9.17, 15) is 4.79 Å². The molecule has 2 rings (SSSR count). The minimum Gasteiger partial charge on any atom is -0.370 e. The number of anilines is 2. The summed E-state index contributed by atoms with van der Waals surface area (Å²) in [6, 6.07) is 11.5. The van der Waals surface area contributed by atoms with Crippen molar-refractivity contribution in [1.82, 2.24) is 4.98 Å². The smallest absolute Gasteiger partial charge is 0.224 e. The predicted molar refractivity (Wildman–Crippen MR) is 96.0 cm³/mol. The number of amides is 1. The molecule has 0 bridgehead atoms. The van der Waals surface area contributed by atoms with Crippen LogP contribution in [0.4, 0.5) is 11.5 Å². The Kier molecular flexibility index (Phi) is 6.41. The third kappa shape index (κ3) is 6.28. The maximum atomic E-state index is 11.7. The summed E-state index contributed by atoms with van der Waals surface area (Å²) in [5.41, 5.74) is 1.90. The average molecular weight is 332 g/mol. The lowest BCUT2D eigenvalue weighted by Gasteiger charge is -2.09. The molecule has 5 heteroatoms. The summed E-state index contributed by atoms with van der Waals surface area (Å²) in [5.74, 6) is 1.15. The number of pyridine rings is 1. The minimum absolute atomic E-state index is 0.0171. The molecule has 0 aliphatic rings. The summed E-state index contributed by atoms with van der Waals surface area (Å²) in [6.07, 6.45) is 3.05. The van der Waals surface area contributed by atoms with Crippen LogP contribution < -0.4 is 10.6 Å². The molecule has 0 aliphatic heterocycles. The Morgan fingerprint density at radius 2 is 2.09 bits per heavy atom. The van der Waals surface area contributed by atoms with Gasteiger partial charge in [0.05, 0.1) is 11.9 Å². The molecule has 1 aromatic heterocycles. The Morgan fingerprint density at radius 1 is 1.26 bits per heavy atom. The van der Waals surface area contributed by atoms with E-state index in [1.807, 2.05) is 50.2 Å². The van der Waals surface area contributed by atoms with Crippen molar-refractivity contribution < 1.29 is 4.79 Å². The summed E-state index contributed by atoms with van der Waals surface area (Å²) < 4.78 is 0. The molecule has 1 aromatic carbocycles. The maximum Gasteiger partial charge on any atom is 0.224 e. The van der Waals surface area contributed by atoms with Crippen LogP contribution in [0.3, 0.4) is 0 Å². The van der Waals surface area contributed by atoms with E-state index in [-0.39, 0.29) is 5.91 Å². The molecule has 0 fully saturated rings. The molecule has 4 nitrogen and oxygen atoms in total. The van der Waals surface area contributed by atoms with E-state index in [4.69, 9.17) is 11.6 Å². The van der Waals surface area contributed by atoms with E-state index in [2.05, 4.69) is 15.6 Å². The summed E-state index contributed by atoms with van der Waals surface area (Å²) in [4.78, 5) is 16.0. The molecular formula is C18H22ClN3O. The lowest BCUT2D eigenvalue weighted by atomic mass is 10.1. The van der Waals surface area contributed by atoms with Crippen molar-refractivity contribution in [2.75, 3.05) is 17.2 Å². The zero-order chi connectivity index (χ0) is 16.7. The van der Waals surface area contributed by atoms with Gasteiger partial charge in [-0.1, -0.05) is 37.6 Å². The van der Waals surface area contributed by atoms with E-state index in [0.717, 1.165) is 29.5 Å². The van der Waals surface area contributed by atoms with Gasteiger partial charge in [-0.15, -0.1) is 0 Å². The lowest BCUT2D eigenvalue weighted by molar-refractivity contribution is -0.116. The second-order valence-electron chi connectivity index (χ2n) is 5.88. The fourth-order valence-corrected chi connectivity index (χ4v) is 2.40. The van der Waals surface area contributed by atoms with Crippen molar-refractivity contribution in [1.29, 1.82) is 0 Å². The quantitative estimate of drug-likeness (QED) is 0.792. The van der Waals surface area contributed by atoms with Crippen molar-refractivity contribution in [3.63, 3.8) is 0 Å². The molecular weight excluding hydrogens is 310 g/mol. The van der Waals surface area contributed by atoms with Gasteiger partial charge in [-0.25, -0.2) is 4.98 Å². The number of nitrogens with zero attached hydrogens (tertiary/aromatic N) is 1. The molecule has 0 unspecified atom stereocenters. The maximum absolute atomic E-state index is 11.7. The summed E-state index contributed by atoms with van der Waals surface area (Å²) in [6.45, 7) is 4.81. The highest BCUT2D eigenvalue weighted by Gasteiger charge is 2.05. The molecule has 122 valence electrons.